The van der Waals surface area contributed by atoms with E-state index in [1.165, 1.54) is 31.4 Å². The van der Waals surface area contributed by atoms with E-state index < -0.39 is 0 Å². The Balaban J connectivity index is 1.96. The van der Waals surface area contributed by atoms with Crippen molar-refractivity contribution < 1.29 is 0 Å². The Morgan fingerprint density at radius 3 is 2.67 bits per heavy atom. The number of hydrogen-bond donors (Lipinski definition) is 1. The van der Waals surface area contributed by atoms with Crippen molar-refractivity contribution in [3.8, 4) is 0 Å². The summed E-state index contributed by atoms with van der Waals surface area (Å²) in [6, 6.07) is 2.67. The van der Waals surface area contributed by atoms with Crippen LogP contribution in [0.2, 0.25) is 0 Å². The zero-order valence-corrected chi connectivity index (χ0v) is 7.03. The molecule has 0 atom stereocenters. The van der Waals surface area contributed by atoms with Crippen molar-refractivity contribution in [3.05, 3.63) is 11.8 Å². The molecule has 12 heavy (non-hydrogen) atoms. The maximum atomic E-state index is 5.85. The van der Waals surface area contributed by atoms with Crippen LogP contribution >= 0.6 is 0 Å². The topological polar surface area (TPSA) is 43.8 Å². The van der Waals surface area contributed by atoms with Gasteiger partial charge >= 0.3 is 0 Å². The molecule has 2 fully saturated rings. The summed E-state index contributed by atoms with van der Waals surface area (Å²) in [5.41, 5.74) is 7.07. The molecule has 0 aliphatic heterocycles. The number of hydrogen-bond acceptors (Lipinski definition) is 2. The van der Waals surface area contributed by atoms with Crippen LogP contribution in [0.4, 0.5) is 5.82 Å². The van der Waals surface area contributed by atoms with Gasteiger partial charge in [-0.15, -0.1) is 0 Å². The van der Waals surface area contributed by atoms with Gasteiger partial charge in [0, 0.05) is 12.0 Å². The molecule has 0 unspecified atom stereocenters. The minimum Gasteiger partial charge on any atom is -0.384 e. The van der Waals surface area contributed by atoms with Crippen molar-refractivity contribution in [1.82, 2.24) is 9.78 Å². The van der Waals surface area contributed by atoms with Crippen LogP contribution in [0.3, 0.4) is 0 Å². The SMILES string of the molecule is Nc1cc(C2CC2)nn1C1CC1. The summed E-state index contributed by atoms with van der Waals surface area (Å²) in [5.74, 6) is 1.59. The summed E-state index contributed by atoms with van der Waals surface area (Å²) in [6.45, 7) is 0. The Bertz CT molecular complexity index is 308. The van der Waals surface area contributed by atoms with E-state index in [0.29, 0.717) is 6.04 Å². The Labute approximate surface area is 71.6 Å². The molecule has 3 nitrogen and oxygen atoms in total. The van der Waals surface area contributed by atoms with E-state index >= 15 is 0 Å². The second-order valence-electron chi connectivity index (χ2n) is 3.94. The molecule has 1 aromatic heterocycles. The van der Waals surface area contributed by atoms with E-state index in [2.05, 4.69) is 11.2 Å². The monoisotopic (exact) mass is 163 g/mol. The van der Waals surface area contributed by atoms with E-state index in [1.54, 1.807) is 0 Å². The lowest BCUT2D eigenvalue weighted by atomic mass is 10.3. The summed E-state index contributed by atoms with van der Waals surface area (Å²) in [5, 5.41) is 4.53. The molecular formula is C9H13N3. The van der Waals surface area contributed by atoms with Gasteiger partial charge in [0.25, 0.3) is 0 Å². The molecule has 2 saturated carbocycles. The highest BCUT2D eigenvalue weighted by atomic mass is 15.3. The number of nitrogen functional groups attached to an aromatic ring is 1. The predicted molar refractivity (Wildman–Crippen MR) is 46.9 cm³/mol. The predicted octanol–water partition coefficient (Wildman–Crippen LogP) is 1.68. The molecule has 0 spiro atoms. The highest BCUT2D eigenvalue weighted by molar-refractivity contribution is 5.34. The van der Waals surface area contributed by atoms with Gasteiger partial charge < -0.3 is 5.73 Å². The fraction of sp³-hybridized carbons (Fsp3) is 0.667. The van der Waals surface area contributed by atoms with Gasteiger partial charge in [-0.05, 0) is 25.7 Å². The molecule has 3 rings (SSSR count). The first-order valence-electron chi connectivity index (χ1n) is 4.69. The van der Waals surface area contributed by atoms with Gasteiger partial charge in [0.2, 0.25) is 0 Å². The van der Waals surface area contributed by atoms with Crippen molar-refractivity contribution in [3.63, 3.8) is 0 Å². The third-order valence-electron chi connectivity index (χ3n) is 2.67. The third kappa shape index (κ3) is 0.924. The molecule has 0 bridgehead atoms. The number of rotatable bonds is 2. The van der Waals surface area contributed by atoms with Crippen LogP contribution in [-0.4, -0.2) is 9.78 Å². The Morgan fingerprint density at radius 2 is 2.08 bits per heavy atom. The highest BCUT2D eigenvalue weighted by Crippen LogP contribution is 2.42. The number of nitrogens with zero attached hydrogens (tertiary/aromatic N) is 2. The molecule has 3 heteroatoms. The van der Waals surface area contributed by atoms with Crippen molar-refractivity contribution in [2.75, 3.05) is 5.73 Å². The Hall–Kier alpha value is -0.990. The molecule has 1 heterocycles. The smallest absolute Gasteiger partial charge is 0.122 e. The average molecular weight is 163 g/mol. The summed E-state index contributed by atoms with van der Waals surface area (Å²) in [4.78, 5) is 0. The molecule has 0 radical (unpaired) electrons. The van der Waals surface area contributed by atoms with Crippen LogP contribution in [0.1, 0.15) is 43.3 Å². The maximum absolute atomic E-state index is 5.85. The molecule has 64 valence electrons. The lowest BCUT2D eigenvalue weighted by Crippen LogP contribution is -2.01. The van der Waals surface area contributed by atoms with Crippen molar-refractivity contribution >= 4 is 5.82 Å². The largest absolute Gasteiger partial charge is 0.384 e. The van der Waals surface area contributed by atoms with E-state index in [9.17, 15) is 0 Å². The first-order valence-corrected chi connectivity index (χ1v) is 4.69. The molecule has 2 N–H and O–H groups in total. The zero-order valence-electron chi connectivity index (χ0n) is 7.03. The number of nitrogens with two attached hydrogens (primary N) is 1. The summed E-state index contributed by atoms with van der Waals surface area (Å²) < 4.78 is 2.01. The number of aromatic nitrogens is 2. The lowest BCUT2D eigenvalue weighted by molar-refractivity contribution is 0.639. The molecule has 1 aromatic rings. The van der Waals surface area contributed by atoms with Crippen LogP contribution in [0.15, 0.2) is 6.07 Å². The standard InChI is InChI=1S/C9H13N3/c10-9-5-8(6-1-2-6)11-12(9)7-3-4-7/h5-7H,1-4,10H2. The second kappa shape index (κ2) is 2.03. The van der Waals surface area contributed by atoms with Gasteiger partial charge in [-0.1, -0.05) is 0 Å². The second-order valence-corrected chi connectivity index (χ2v) is 3.94. The van der Waals surface area contributed by atoms with Gasteiger partial charge in [0.05, 0.1) is 11.7 Å². The minimum absolute atomic E-state index is 0.623. The first kappa shape index (κ1) is 6.52. The highest BCUT2D eigenvalue weighted by Gasteiger charge is 2.31. The maximum Gasteiger partial charge on any atom is 0.122 e. The number of anilines is 1. The van der Waals surface area contributed by atoms with E-state index in [0.717, 1.165) is 11.7 Å². The minimum atomic E-state index is 0.623. The summed E-state index contributed by atoms with van der Waals surface area (Å²) >= 11 is 0. The lowest BCUT2D eigenvalue weighted by Gasteiger charge is -1.98. The van der Waals surface area contributed by atoms with E-state index in [4.69, 9.17) is 5.73 Å². The Morgan fingerprint density at radius 1 is 1.33 bits per heavy atom. The van der Waals surface area contributed by atoms with E-state index in [-0.39, 0.29) is 0 Å². The van der Waals surface area contributed by atoms with Crippen LogP contribution < -0.4 is 5.73 Å². The van der Waals surface area contributed by atoms with E-state index in [1.807, 2.05) is 4.68 Å². The molecule has 2 aliphatic carbocycles. The quantitative estimate of drug-likeness (QED) is 0.720. The van der Waals surface area contributed by atoms with Crippen molar-refractivity contribution in [1.29, 1.82) is 0 Å². The van der Waals surface area contributed by atoms with Gasteiger partial charge in [-0.3, -0.25) is 0 Å². The fourth-order valence-electron chi connectivity index (χ4n) is 1.62. The van der Waals surface area contributed by atoms with Crippen LogP contribution in [-0.2, 0) is 0 Å². The average Bonchev–Trinajstić information content (AvgIpc) is 2.93. The molecule has 2 aliphatic rings. The Kier molecular flexibility index (Phi) is 1.10. The molecule has 0 aromatic carbocycles. The van der Waals surface area contributed by atoms with Gasteiger partial charge in [-0.2, -0.15) is 5.10 Å². The summed E-state index contributed by atoms with van der Waals surface area (Å²) in [7, 11) is 0. The third-order valence-corrected chi connectivity index (χ3v) is 2.67. The zero-order chi connectivity index (χ0) is 8.13. The molecule has 0 saturated heterocycles. The molecular weight excluding hydrogens is 150 g/mol. The normalized spacial score (nSPS) is 23.0. The fourth-order valence-corrected chi connectivity index (χ4v) is 1.62. The van der Waals surface area contributed by atoms with Crippen LogP contribution in [0, 0.1) is 0 Å². The molecule has 0 amide bonds. The van der Waals surface area contributed by atoms with Gasteiger partial charge in [-0.25, -0.2) is 4.68 Å². The van der Waals surface area contributed by atoms with Crippen molar-refractivity contribution in [2.45, 2.75) is 37.6 Å². The van der Waals surface area contributed by atoms with Gasteiger partial charge in [0.1, 0.15) is 5.82 Å². The van der Waals surface area contributed by atoms with Crippen LogP contribution in [0.25, 0.3) is 0 Å². The van der Waals surface area contributed by atoms with Crippen LogP contribution in [0.5, 0.6) is 0 Å². The van der Waals surface area contributed by atoms with Crippen molar-refractivity contribution in [2.24, 2.45) is 0 Å². The first-order chi connectivity index (χ1) is 5.84. The van der Waals surface area contributed by atoms with Gasteiger partial charge in [0.15, 0.2) is 0 Å². The summed E-state index contributed by atoms with van der Waals surface area (Å²) in [6.07, 6.45) is 5.13.